The lowest BCUT2D eigenvalue weighted by Gasteiger charge is -2.34. The molecule has 3 heteroatoms. The Kier molecular flexibility index (Phi) is 5.46. The molecule has 0 saturated carbocycles. The number of phenolic OH excluding ortho intramolecular Hbond substituents is 1. The highest BCUT2D eigenvalue weighted by Gasteiger charge is 2.15. The average Bonchev–Trinajstić information content (AvgIpc) is 2.58. The topological polar surface area (TPSA) is 26.7 Å². The van der Waals surface area contributed by atoms with Crippen molar-refractivity contribution < 1.29 is 5.11 Å². The lowest BCUT2D eigenvalue weighted by molar-refractivity contribution is 0.137. The molecule has 0 aliphatic carbocycles. The predicted molar refractivity (Wildman–Crippen MR) is 95.3 cm³/mol. The fraction of sp³-hybridized carbons (Fsp3) is 0.300. The lowest BCUT2D eigenvalue weighted by Crippen LogP contribution is -2.45. The minimum Gasteiger partial charge on any atom is -0.508 e. The van der Waals surface area contributed by atoms with Gasteiger partial charge in [0.15, 0.2) is 0 Å². The highest BCUT2D eigenvalue weighted by molar-refractivity contribution is 5.48. The maximum atomic E-state index is 9.54. The number of piperazine rings is 1. The standard InChI is InChI=1S/C20H24N2O/c23-20-10-4-8-19(16-20)17-22-14-12-21(13-15-22)11-5-9-18-6-2-1-3-7-18/h1-10,16,23H,11-15,17H2/b9-5-. The molecule has 0 aromatic heterocycles. The van der Waals surface area contributed by atoms with Crippen molar-refractivity contribution in [1.29, 1.82) is 0 Å². The average molecular weight is 308 g/mol. The van der Waals surface area contributed by atoms with E-state index in [9.17, 15) is 5.11 Å². The van der Waals surface area contributed by atoms with Gasteiger partial charge in [-0.3, -0.25) is 9.80 Å². The summed E-state index contributed by atoms with van der Waals surface area (Å²) in [6.07, 6.45) is 4.44. The van der Waals surface area contributed by atoms with Crippen molar-refractivity contribution in [2.24, 2.45) is 0 Å². The lowest BCUT2D eigenvalue weighted by atomic mass is 10.2. The first-order chi connectivity index (χ1) is 11.3. The van der Waals surface area contributed by atoms with Crippen molar-refractivity contribution in [2.45, 2.75) is 6.54 Å². The first-order valence-electron chi connectivity index (χ1n) is 8.24. The second kappa shape index (κ2) is 7.95. The van der Waals surface area contributed by atoms with Crippen LogP contribution in [0, 0.1) is 0 Å². The van der Waals surface area contributed by atoms with Crippen LogP contribution in [0.5, 0.6) is 5.75 Å². The van der Waals surface area contributed by atoms with Crippen molar-refractivity contribution in [2.75, 3.05) is 32.7 Å². The molecule has 0 atom stereocenters. The van der Waals surface area contributed by atoms with E-state index in [4.69, 9.17) is 0 Å². The first kappa shape index (κ1) is 15.8. The maximum Gasteiger partial charge on any atom is 0.115 e. The zero-order chi connectivity index (χ0) is 15.9. The largest absolute Gasteiger partial charge is 0.508 e. The number of rotatable bonds is 5. The number of phenols is 1. The molecule has 1 heterocycles. The molecule has 0 radical (unpaired) electrons. The SMILES string of the molecule is Oc1cccc(CN2CCN(C/C=C\c3ccccc3)CC2)c1. The van der Waals surface area contributed by atoms with Crippen molar-refractivity contribution >= 4 is 6.08 Å². The molecule has 120 valence electrons. The summed E-state index contributed by atoms with van der Waals surface area (Å²) in [5.41, 5.74) is 2.44. The van der Waals surface area contributed by atoms with Crippen LogP contribution in [0.4, 0.5) is 0 Å². The van der Waals surface area contributed by atoms with Gasteiger partial charge in [0.2, 0.25) is 0 Å². The number of nitrogens with zero attached hydrogens (tertiary/aromatic N) is 2. The van der Waals surface area contributed by atoms with Gasteiger partial charge in [0.05, 0.1) is 0 Å². The molecule has 1 fully saturated rings. The maximum absolute atomic E-state index is 9.54. The minimum absolute atomic E-state index is 0.354. The Morgan fingerprint density at radius 1 is 0.870 bits per heavy atom. The van der Waals surface area contributed by atoms with Crippen LogP contribution in [0.15, 0.2) is 60.7 Å². The Labute approximate surface area is 138 Å². The summed E-state index contributed by atoms with van der Waals surface area (Å²) in [5.74, 6) is 0.354. The third kappa shape index (κ3) is 4.95. The molecule has 1 saturated heterocycles. The molecule has 1 aliphatic heterocycles. The Balaban J connectivity index is 1.42. The van der Waals surface area contributed by atoms with E-state index in [0.29, 0.717) is 5.75 Å². The molecule has 3 rings (SSSR count). The zero-order valence-electron chi connectivity index (χ0n) is 13.4. The van der Waals surface area contributed by atoms with Gasteiger partial charge in [-0.15, -0.1) is 0 Å². The van der Waals surface area contributed by atoms with Crippen LogP contribution in [0.1, 0.15) is 11.1 Å². The molecule has 0 amide bonds. The van der Waals surface area contributed by atoms with Crippen molar-refractivity contribution in [3.05, 3.63) is 71.8 Å². The van der Waals surface area contributed by atoms with E-state index < -0.39 is 0 Å². The van der Waals surface area contributed by atoms with Gasteiger partial charge in [-0.2, -0.15) is 0 Å². The molecule has 23 heavy (non-hydrogen) atoms. The van der Waals surface area contributed by atoms with Crippen molar-refractivity contribution in [1.82, 2.24) is 9.80 Å². The number of hydrogen-bond donors (Lipinski definition) is 1. The van der Waals surface area contributed by atoms with Gasteiger partial charge in [0, 0.05) is 39.3 Å². The molecule has 0 spiro atoms. The molecular formula is C20H24N2O. The molecule has 2 aromatic carbocycles. The smallest absolute Gasteiger partial charge is 0.115 e. The van der Waals surface area contributed by atoms with Crippen LogP contribution in [-0.2, 0) is 6.54 Å². The summed E-state index contributed by atoms with van der Waals surface area (Å²) in [6, 6.07) is 18.0. The fourth-order valence-corrected chi connectivity index (χ4v) is 2.95. The predicted octanol–water partition coefficient (Wildman–Crippen LogP) is 3.22. The van der Waals surface area contributed by atoms with Gasteiger partial charge in [-0.25, -0.2) is 0 Å². The third-order valence-electron chi connectivity index (χ3n) is 4.26. The summed E-state index contributed by atoms with van der Waals surface area (Å²) in [4.78, 5) is 4.94. The minimum atomic E-state index is 0.354. The van der Waals surface area contributed by atoms with E-state index in [2.05, 4.69) is 52.3 Å². The Bertz CT molecular complexity index is 631. The second-order valence-corrected chi connectivity index (χ2v) is 6.06. The normalized spacial score (nSPS) is 16.9. The molecule has 0 unspecified atom stereocenters. The summed E-state index contributed by atoms with van der Waals surface area (Å²) >= 11 is 0. The Hall–Kier alpha value is -2.10. The molecule has 1 aliphatic rings. The van der Waals surface area contributed by atoms with Crippen molar-refractivity contribution in [3.8, 4) is 5.75 Å². The Morgan fingerprint density at radius 3 is 2.35 bits per heavy atom. The fourth-order valence-electron chi connectivity index (χ4n) is 2.95. The summed E-state index contributed by atoms with van der Waals surface area (Å²) in [6.45, 7) is 6.27. The van der Waals surface area contributed by atoms with E-state index in [1.54, 1.807) is 6.07 Å². The van der Waals surface area contributed by atoms with Gasteiger partial charge < -0.3 is 5.11 Å². The summed E-state index contributed by atoms with van der Waals surface area (Å²) in [7, 11) is 0. The van der Waals surface area contributed by atoms with E-state index >= 15 is 0 Å². The van der Waals surface area contributed by atoms with Crippen LogP contribution in [-0.4, -0.2) is 47.6 Å². The summed E-state index contributed by atoms with van der Waals surface area (Å²) in [5, 5.41) is 9.54. The van der Waals surface area contributed by atoms with Gasteiger partial charge in [0.25, 0.3) is 0 Å². The Morgan fingerprint density at radius 2 is 1.61 bits per heavy atom. The zero-order valence-corrected chi connectivity index (χ0v) is 13.4. The quantitative estimate of drug-likeness (QED) is 0.919. The number of aromatic hydroxyl groups is 1. The van der Waals surface area contributed by atoms with Crippen molar-refractivity contribution in [3.63, 3.8) is 0 Å². The van der Waals surface area contributed by atoms with Crippen LogP contribution < -0.4 is 0 Å². The van der Waals surface area contributed by atoms with Crippen LogP contribution in [0.25, 0.3) is 6.08 Å². The summed E-state index contributed by atoms with van der Waals surface area (Å²) < 4.78 is 0. The van der Waals surface area contributed by atoms with Gasteiger partial charge in [-0.05, 0) is 23.3 Å². The highest BCUT2D eigenvalue weighted by atomic mass is 16.3. The molecular weight excluding hydrogens is 284 g/mol. The van der Waals surface area contributed by atoms with E-state index in [1.165, 1.54) is 11.1 Å². The molecule has 0 bridgehead atoms. The van der Waals surface area contributed by atoms with Gasteiger partial charge in [-0.1, -0.05) is 54.6 Å². The highest BCUT2D eigenvalue weighted by Crippen LogP contribution is 2.14. The first-order valence-corrected chi connectivity index (χ1v) is 8.24. The number of benzene rings is 2. The monoisotopic (exact) mass is 308 g/mol. The van der Waals surface area contributed by atoms with E-state index in [-0.39, 0.29) is 0 Å². The number of hydrogen-bond acceptors (Lipinski definition) is 3. The van der Waals surface area contributed by atoms with Gasteiger partial charge in [0.1, 0.15) is 5.75 Å². The second-order valence-electron chi connectivity index (χ2n) is 6.06. The molecule has 2 aromatic rings. The van der Waals surface area contributed by atoms with Gasteiger partial charge >= 0.3 is 0 Å². The third-order valence-corrected chi connectivity index (χ3v) is 4.26. The molecule has 3 nitrogen and oxygen atoms in total. The van der Waals surface area contributed by atoms with Crippen LogP contribution >= 0.6 is 0 Å². The molecule has 1 N–H and O–H groups in total. The van der Waals surface area contributed by atoms with E-state index in [0.717, 1.165) is 39.3 Å². The van der Waals surface area contributed by atoms with E-state index in [1.807, 2.05) is 18.2 Å². The van der Waals surface area contributed by atoms with Crippen LogP contribution in [0.2, 0.25) is 0 Å². The van der Waals surface area contributed by atoms with Crippen LogP contribution in [0.3, 0.4) is 0 Å².